The van der Waals surface area contributed by atoms with Crippen molar-refractivity contribution in [1.82, 2.24) is 0 Å². The molecule has 1 N–H and O–H groups in total. The Hall–Kier alpha value is -2.09. The zero-order chi connectivity index (χ0) is 15.3. The van der Waals surface area contributed by atoms with Gasteiger partial charge >= 0.3 is 5.97 Å². The Labute approximate surface area is 112 Å². The number of carbonyl (C=O) groups excluding carboxylic acids is 2. The van der Waals surface area contributed by atoms with Gasteiger partial charge in [0.05, 0.1) is 5.69 Å². The summed E-state index contributed by atoms with van der Waals surface area (Å²) >= 11 is 0. The minimum atomic E-state index is -1.70. The Morgan fingerprint density at radius 1 is 1.25 bits per heavy atom. The summed E-state index contributed by atoms with van der Waals surface area (Å²) in [5.41, 5.74) is -0.552. The molecule has 0 saturated carbocycles. The molecule has 8 heteroatoms. The highest BCUT2D eigenvalue weighted by molar-refractivity contribution is 5.95. The number of halogens is 3. The predicted molar refractivity (Wildman–Crippen MR) is 62.4 cm³/mol. The Kier molecular flexibility index (Phi) is 5.51. The first-order valence-electron chi connectivity index (χ1n) is 5.49. The van der Waals surface area contributed by atoms with Crippen LogP contribution in [-0.4, -0.2) is 31.7 Å². The SMILES string of the molecule is COCC(=O)O[C@@H](C)C(=O)Nc1ccc(F)c(F)c1F. The molecule has 5 nitrogen and oxygen atoms in total. The van der Waals surface area contributed by atoms with E-state index in [1.165, 1.54) is 14.0 Å². The molecule has 110 valence electrons. The van der Waals surface area contributed by atoms with Crippen LogP contribution in [0.5, 0.6) is 0 Å². The summed E-state index contributed by atoms with van der Waals surface area (Å²) in [5, 5.41) is 1.99. The zero-order valence-electron chi connectivity index (χ0n) is 10.7. The molecule has 0 saturated heterocycles. The van der Waals surface area contributed by atoms with Crippen LogP contribution in [0.2, 0.25) is 0 Å². The van der Waals surface area contributed by atoms with Gasteiger partial charge in [-0.3, -0.25) is 4.79 Å². The second kappa shape index (κ2) is 6.90. The van der Waals surface area contributed by atoms with Gasteiger partial charge in [0.2, 0.25) is 0 Å². The van der Waals surface area contributed by atoms with Gasteiger partial charge < -0.3 is 14.8 Å². The third kappa shape index (κ3) is 3.95. The third-order valence-electron chi connectivity index (χ3n) is 2.23. The Morgan fingerprint density at radius 3 is 2.50 bits per heavy atom. The van der Waals surface area contributed by atoms with Gasteiger partial charge in [0.25, 0.3) is 5.91 Å². The molecule has 1 atom stereocenters. The molecule has 20 heavy (non-hydrogen) atoms. The summed E-state index contributed by atoms with van der Waals surface area (Å²) < 4.78 is 48.1. The van der Waals surface area contributed by atoms with Crippen molar-refractivity contribution in [2.75, 3.05) is 19.0 Å². The molecule has 0 aliphatic rings. The van der Waals surface area contributed by atoms with Gasteiger partial charge in [-0.1, -0.05) is 0 Å². The van der Waals surface area contributed by atoms with Crippen LogP contribution >= 0.6 is 0 Å². The first kappa shape index (κ1) is 16.0. The van der Waals surface area contributed by atoms with Crippen LogP contribution in [0.4, 0.5) is 18.9 Å². The van der Waals surface area contributed by atoms with E-state index in [4.69, 9.17) is 0 Å². The molecular weight excluding hydrogens is 279 g/mol. The van der Waals surface area contributed by atoms with Crippen LogP contribution in [0.1, 0.15) is 6.92 Å². The number of nitrogens with one attached hydrogen (secondary N) is 1. The Morgan fingerprint density at radius 2 is 1.90 bits per heavy atom. The fraction of sp³-hybridized carbons (Fsp3) is 0.333. The lowest BCUT2D eigenvalue weighted by Crippen LogP contribution is -2.31. The summed E-state index contributed by atoms with van der Waals surface area (Å²) in [4.78, 5) is 22.7. The molecule has 0 aromatic heterocycles. The molecule has 0 fully saturated rings. The van der Waals surface area contributed by atoms with E-state index >= 15 is 0 Å². The van der Waals surface area contributed by atoms with Crippen molar-refractivity contribution in [3.63, 3.8) is 0 Å². The van der Waals surface area contributed by atoms with E-state index < -0.39 is 41.1 Å². The van der Waals surface area contributed by atoms with Crippen molar-refractivity contribution >= 4 is 17.6 Å². The highest BCUT2D eigenvalue weighted by Crippen LogP contribution is 2.19. The molecule has 0 unspecified atom stereocenters. The maximum atomic E-state index is 13.3. The van der Waals surface area contributed by atoms with Gasteiger partial charge in [0.1, 0.15) is 6.61 Å². The van der Waals surface area contributed by atoms with Crippen LogP contribution in [0.25, 0.3) is 0 Å². The number of methoxy groups -OCH3 is 1. The van der Waals surface area contributed by atoms with E-state index in [2.05, 4.69) is 9.47 Å². The van der Waals surface area contributed by atoms with Crippen LogP contribution in [0.3, 0.4) is 0 Å². The van der Waals surface area contributed by atoms with Crippen LogP contribution in [0.15, 0.2) is 12.1 Å². The first-order chi connectivity index (χ1) is 9.36. The summed E-state index contributed by atoms with van der Waals surface area (Å²) in [5.74, 6) is -6.29. The molecule has 0 bridgehead atoms. The fourth-order valence-corrected chi connectivity index (χ4v) is 1.26. The monoisotopic (exact) mass is 291 g/mol. The van der Waals surface area contributed by atoms with E-state index in [0.29, 0.717) is 6.07 Å². The minimum absolute atomic E-state index is 0.350. The normalized spacial score (nSPS) is 11.8. The Balaban J connectivity index is 2.71. The van der Waals surface area contributed by atoms with Crippen LogP contribution in [0, 0.1) is 17.5 Å². The third-order valence-corrected chi connectivity index (χ3v) is 2.23. The summed E-state index contributed by atoms with van der Waals surface area (Å²) in [6.45, 7) is 0.887. The summed E-state index contributed by atoms with van der Waals surface area (Å²) in [6.07, 6.45) is -1.25. The van der Waals surface area contributed by atoms with Crippen LogP contribution < -0.4 is 5.32 Å². The molecule has 0 aliphatic carbocycles. The van der Waals surface area contributed by atoms with E-state index in [1.807, 2.05) is 5.32 Å². The maximum absolute atomic E-state index is 13.3. The lowest BCUT2D eigenvalue weighted by Gasteiger charge is -2.13. The van der Waals surface area contributed by atoms with Crippen LogP contribution in [-0.2, 0) is 19.1 Å². The summed E-state index contributed by atoms with van der Waals surface area (Å²) in [7, 11) is 1.27. The van der Waals surface area contributed by atoms with Gasteiger partial charge in [0, 0.05) is 7.11 Å². The quantitative estimate of drug-likeness (QED) is 0.661. The second-order valence-corrected chi connectivity index (χ2v) is 3.78. The lowest BCUT2D eigenvalue weighted by atomic mass is 10.2. The second-order valence-electron chi connectivity index (χ2n) is 3.78. The molecular formula is C12H12F3NO4. The number of benzene rings is 1. The lowest BCUT2D eigenvalue weighted by molar-refractivity contribution is -0.156. The van der Waals surface area contributed by atoms with Crippen molar-refractivity contribution in [3.05, 3.63) is 29.6 Å². The molecule has 0 radical (unpaired) electrons. The topological polar surface area (TPSA) is 64.6 Å². The van der Waals surface area contributed by atoms with E-state index in [9.17, 15) is 22.8 Å². The largest absolute Gasteiger partial charge is 0.451 e. The number of carbonyl (C=O) groups is 2. The van der Waals surface area contributed by atoms with Crippen molar-refractivity contribution < 1.29 is 32.2 Å². The number of amides is 1. The summed E-state index contributed by atoms with van der Waals surface area (Å²) in [6, 6.07) is 1.52. The number of hydrogen-bond acceptors (Lipinski definition) is 4. The number of anilines is 1. The van der Waals surface area contributed by atoms with Crippen molar-refractivity contribution in [2.45, 2.75) is 13.0 Å². The number of esters is 1. The highest BCUT2D eigenvalue weighted by Gasteiger charge is 2.21. The zero-order valence-corrected chi connectivity index (χ0v) is 10.7. The predicted octanol–water partition coefficient (Wildman–Crippen LogP) is 1.62. The van der Waals surface area contributed by atoms with Gasteiger partial charge in [-0.25, -0.2) is 18.0 Å². The van der Waals surface area contributed by atoms with Gasteiger partial charge in [-0.2, -0.15) is 0 Å². The molecule has 1 rings (SSSR count). The molecule has 0 spiro atoms. The van der Waals surface area contributed by atoms with Crippen molar-refractivity contribution in [2.24, 2.45) is 0 Å². The van der Waals surface area contributed by atoms with Gasteiger partial charge in [-0.15, -0.1) is 0 Å². The van der Waals surface area contributed by atoms with E-state index in [1.54, 1.807) is 0 Å². The van der Waals surface area contributed by atoms with Gasteiger partial charge in [0.15, 0.2) is 23.6 Å². The minimum Gasteiger partial charge on any atom is -0.451 e. The van der Waals surface area contributed by atoms with Crippen molar-refractivity contribution in [1.29, 1.82) is 0 Å². The molecule has 0 heterocycles. The molecule has 1 aromatic carbocycles. The standard InChI is InChI=1S/C12H12F3NO4/c1-6(20-9(17)5-19-2)12(18)16-8-4-3-7(13)10(14)11(8)15/h3-4,6H,5H2,1-2H3,(H,16,18)/t6-/m0/s1. The fourth-order valence-electron chi connectivity index (χ4n) is 1.26. The maximum Gasteiger partial charge on any atom is 0.332 e. The molecule has 0 aliphatic heterocycles. The average molecular weight is 291 g/mol. The van der Waals surface area contributed by atoms with Gasteiger partial charge in [-0.05, 0) is 19.1 Å². The number of ether oxygens (including phenoxy) is 2. The van der Waals surface area contributed by atoms with E-state index in [-0.39, 0.29) is 6.61 Å². The first-order valence-corrected chi connectivity index (χ1v) is 5.49. The highest BCUT2D eigenvalue weighted by atomic mass is 19.2. The number of hydrogen-bond donors (Lipinski definition) is 1. The smallest absolute Gasteiger partial charge is 0.332 e. The average Bonchev–Trinajstić information content (AvgIpc) is 2.39. The van der Waals surface area contributed by atoms with E-state index in [0.717, 1.165) is 6.07 Å². The Bertz CT molecular complexity index is 522. The van der Waals surface area contributed by atoms with Crippen molar-refractivity contribution in [3.8, 4) is 0 Å². The molecule has 1 amide bonds. The molecule has 1 aromatic rings. The number of rotatable bonds is 5.